The average Bonchev–Trinajstić information content (AvgIpc) is 2.46. The second kappa shape index (κ2) is 6.28. The number of hydrogen-bond donors (Lipinski definition) is 0. The summed E-state index contributed by atoms with van der Waals surface area (Å²) < 4.78 is 10.9. The monoisotopic (exact) mass is 256 g/mol. The number of ether oxygens (including phenoxy) is 2. The van der Waals surface area contributed by atoms with Crippen molar-refractivity contribution in [2.24, 2.45) is 0 Å². The molecule has 0 N–H and O–H groups in total. The molecule has 0 saturated carbocycles. The van der Waals surface area contributed by atoms with E-state index in [0.29, 0.717) is 12.5 Å². The SMILES string of the molecule is COc1ccc(COc2cccc(C(C)C)c2)cc1. The van der Waals surface area contributed by atoms with Crippen LogP contribution in [-0.2, 0) is 6.61 Å². The fourth-order valence-corrected chi connectivity index (χ4v) is 1.85. The minimum absolute atomic E-state index is 0.518. The first-order chi connectivity index (χ1) is 9.19. The highest BCUT2D eigenvalue weighted by molar-refractivity contribution is 5.31. The summed E-state index contributed by atoms with van der Waals surface area (Å²) in [6.45, 7) is 4.94. The third-order valence-electron chi connectivity index (χ3n) is 3.09. The van der Waals surface area contributed by atoms with Gasteiger partial charge in [-0.05, 0) is 41.3 Å². The molecule has 0 atom stereocenters. The molecule has 0 fully saturated rings. The highest BCUT2D eigenvalue weighted by Gasteiger charge is 2.01. The Bertz CT molecular complexity index is 515. The van der Waals surface area contributed by atoms with Crippen LogP contribution in [0.1, 0.15) is 30.9 Å². The maximum Gasteiger partial charge on any atom is 0.120 e. The number of methoxy groups -OCH3 is 1. The largest absolute Gasteiger partial charge is 0.497 e. The molecule has 2 aromatic rings. The van der Waals surface area contributed by atoms with E-state index >= 15 is 0 Å². The molecular formula is C17H20O2. The summed E-state index contributed by atoms with van der Waals surface area (Å²) in [4.78, 5) is 0. The third-order valence-corrected chi connectivity index (χ3v) is 3.09. The summed E-state index contributed by atoms with van der Waals surface area (Å²) >= 11 is 0. The van der Waals surface area contributed by atoms with Gasteiger partial charge in [0.25, 0.3) is 0 Å². The van der Waals surface area contributed by atoms with Crippen LogP contribution in [0.5, 0.6) is 11.5 Å². The number of rotatable bonds is 5. The molecule has 2 nitrogen and oxygen atoms in total. The van der Waals surface area contributed by atoms with Crippen molar-refractivity contribution in [1.29, 1.82) is 0 Å². The van der Waals surface area contributed by atoms with Gasteiger partial charge in [-0.15, -0.1) is 0 Å². The van der Waals surface area contributed by atoms with Crippen LogP contribution in [0, 0.1) is 0 Å². The zero-order valence-electron chi connectivity index (χ0n) is 11.7. The lowest BCUT2D eigenvalue weighted by Gasteiger charge is -2.10. The van der Waals surface area contributed by atoms with Crippen LogP contribution in [0.25, 0.3) is 0 Å². The predicted molar refractivity (Wildman–Crippen MR) is 77.9 cm³/mol. The molecule has 0 radical (unpaired) electrons. The maximum atomic E-state index is 5.82. The summed E-state index contributed by atoms with van der Waals surface area (Å²) in [5.74, 6) is 2.30. The van der Waals surface area contributed by atoms with Gasteiger partial charge in [-0.2, -0.15) is 0 Å². The van der Waals surface area contributed by atoms with Crippen LogP contribution in [0.4, 0.5) is 0 Å². The normalized spacial score (nSPS) is 10.5. The molecule has 0 bridgehead atoms. The topological polar surface area (TPSA) is 18.5 Å². The standard InChI is InChI=1S/C17H20O2/c1-13(2)15-5-4-6-17(11-15)19-12-14-7-9-16(18-3)10-8-14/h4-11,13H,12H2,1-3H3. The van der Waals surface area contributed by atoms with Crippen molar-refractivity contribution < 1.29 is 9.47 Å². The molecule has 100 valence electrons. The molecule has 0 aromatic heterocycles. The van der Waals surface area contributed by atoms with Crippen molar-refractivity contribution in [2.75, 3.05) is 7.11 Å². The van der Waals surface area contributed by atoms with Gasteiger partial charge in [0.2, 0.25) is 0 Å². The Morgan fingerprint density at radius 2 is 1.68 bits per heavy atom. The van der Waals surface area contributed by atoms with Crippen LogP contribution in [0.2, 0.25) is 0 Å². The highest BCUT2D eigenvalue weighted by atomic mass is 16.5. The molecule has 0 amide bonds. The van der Waals surface area contributed by atoms with Crippen LogP contribution >= 0.6 is 0 Å². The van der Waals surface area contributed by atoms with Crippen molar-refractivity contribution in [3.8, 4) is 11.5 Å². The van der Waals surface area contributed by atoms with E-state index in [9.17, 15) is 0 Å². The first-order valence-electron chi connectivity index (χ1n) is 6.54. The van der Waals surface area contributed by atoms with E-state index in [1.165, 1.54) is 5.56 Å². The Balaban J connectivity index is 1.99. The first-order valence-corrected chi connectivity index (χ1v) is 6.54. The van der Waals surface area contributed by atoms with Crippen molar-refractivity contribution in [1.82, 2.24) is 0 Å². The van der Waals surface area contributed by atoms with E-state index in [0.717, 1.165) is 17.1 Å². The molecule has 0 aliphatic heterocycles. The van der Waals surface area contributed by atoms with Crippen molar-refractivity contribution >= 4 is 0 Å². The van der Waals surface area contributed by atoms with Crippen molar-refractivity contribution in [2.45, 2.75) is 26.4 Å². The summed E-state index contributed by atoms with van der Waals surface area (Å²) in [6.07, 6.45) is 0. The summed E-state index contributed by atoms with van der Waals surface area (Å²) in [6, 6.07) is 16.2. The van der Waals surface area contributed by atoms with Crippen molar-refractivity contribution in [3.05, 3.63) is 59.7 Å². The van der Waals surface area contributed by atoms with Crippen molar-refractivity contribution in [3.63, 3.8) is 0 Å². The molecule has 19 heavy (non-hydrogen) atoms. The third kappa shape index (κ3) is 3.75. The molecule has 0 unspecified atom stereocenters. The number of hydrogen-bond acceptors (Lipinski definition) is 2. The fourth-order valence-electron chi connectivity index (χ4n) is 1.85. The summed E-state index contributed by atoms with van der Waals surface area (Å²) in [5.41, 5.74) is 2.43. The molecule has 0 saturated heterocycles. The zero-order valence-corrected chi connectivity index (χ0v) is 11.7. The van der Waals surface area contributed by atoms with Gasteiger partial charge in [0.15, 0.2) is 0 Å². The second-order valence-corrected chi connectivity index (χ2v) is 4.86. The fraction of sp³-hybridized carbons (Fsp3) is 0.294. The highest BCUT2D eigenvalue weighted by Crippen LogP contribution is 2.21. The van der Waals surface area contributed by atoms with E-state index in [1.807, 2.05) is 36.4 Å². The smallest absolute Gasteiger partial charge is 0.120 e. The predicted octanol–water partition coefficient (Wildman–Crippen LogP) is 4.40. The molecule has 2 heteroatoms. The van der Waals surface area contributed by atoms with Gasteiger partial charge in [0.05, 0.1) is 7.11 Å². The van der Waals surface area contributed by atoms with E-state index in [2.05, 4.69) is 26.0 Å². The second-order valence-electron chi connectivity index (χ2n) is 4.86. The molecule has 0 aliphatic rings. The lowest BCUT2D eigenvalue weighted by Crippen LogP contribution is -1.96. The Labute approximate surface area is 115 Å². The van der Waals surface area contributed by atoms with E-state index in [4.69, 9.17) is 9.47 Å². The maximum absolute atomic E-state index is 5.82. The van der Waals surface area contributed by atoms with Gasteiger partial charge in [-0.3, -0.25) is 0 Å². The first kappa shape index (κ1) is 13.5. The summed E-state index contributed by atoms with van der Waals surface area (Å²) in [7, 11) is 1.67. The van der Waals surface area contributed by atoms with Gasteiger partial charge in [0.1, 0.15) is 18.1 Å². The molecule has 0 heterocycles. The van der Waals surface area contributed by atoms with E-state index in [-0.39, 0.29) is 0 Å². The number of benzene rings is 2. The molecule has 0 spiro atoms. The minimum Gasteiger partial charge on any atom is -0.497 e. The van der Waals surface area contributed by atoms with Gasteiger partial charge in [-0.25, -0.2) is 0 Å². The van der Waals surface area contributed by atoms with E-state index < -0.39 is 0 Å². The molecule has 0 aliphatic carbocycles. The van der Waals surface area contributed by atoms with Gasteiger partial charge in [-0.1, -0.05) is 38.1 Å². The summed E-state index contributed by atoms with van der Waals surface area (Å²) in [5, 5.41) is 0. The van der Waals surface area contributed by atoms with E-state index in [1.54, 1.807) is 7.11 Å². The Morgan fingerprint density at radius 3 is 2.32 bits per heavy atom. The molecule has 2 rings (SSSR count). The minimum atomic E-state index is 0.518. The van der Waals surface area contributed by atoms with Crippen LogP contribution in [0.15, 0.2) is 48.5 Å². The quantitative estimate of drug-likeness (QED) is 0.789. The Morgan fingerprint density at radius 1 is 0.947 bits per heavy atom. The lowest BCUT2D eigenvalue weighted by atomic mass is 10.0. The molecule has 2 aromatic carbocycles. The van der Waals surface area contributed by atoms with Gasteiger partial charge >= 0.3 is 0 Å². The van der Waals surface area contributed by atoms with Crippen LogP contribution in [0.3, 0.4) is 0 Å². The molecular weight excluding hydrogens is 236 g/mol. The zero-order chi connectivity index (χ0) is 13.7. The average molecular weight is 256 g/mol. The Hall–Kier alpha value is -1.96. The van der Waals surface area contributed by atoms with Crippen LogP contribution < -0.4 is 9.47 Å². The van der Waals surface area contributed by atoms with Gasteiger partial charge < -0.3 is 9.47 Å². The Kier molecular flexibility index (Phi) is 4.45. The lowest BCUT2D eigenvalue weighted by molar-refractivity contribution is 0.305. The van der Waals surface area contributed by atoms with Crippen LogP contribution in [-0.4, -0.2) is 7.11 Å². The van der Waals surface area contributed by atoms with Gasteiger partial charge in [0, 0.05) is 0 Å².